The molecule has 1 fully saturated rings. The molecule has 3 nitrogen and oxygen atoms in total. The largest absolute Gasteiger partial charge is 0.241 e. The molecule has 1 saturated carbocycles. The molecular weight excluding hydrogens is 281 g/mol. The predicted molar refractivity (Wildman–Crippen MR) is 69.1 cm³/mol. The van der Waals surface area contributed by atoms with Crippen LogP contribution >= 0.6 is 23.2 Å². The van der Waals surface area contributed by atoms with Crippen LogP contribution in [0, 0.1) is 6.92 Å². The smallest absolute Gasteiger partial charge is 0.208 e. The van der Waals surface area contributed by atoms with Gasteiger partial charge in [-0.25, -0.2) is 13.1 Å². The third-order valence-corrected chi connectivity index (χ3v) is 4.92. The molecular formula is C11H13Cl2NO2S. The van der Waals surface area contributed by atoms with E-state index in [1.54, 1.807) is 13.0 Å². The van der Waals surface area contributed by atoms with E-state index in [2.05, 4.69) is 4.72 Å². The molecule has 0 aromatic heterocycles. The van der Waals surface area contributed by atoms with Crippen molar-refractivity contribution < 1.29 is 8.42 Å². The Hall–Kier alpha value is -0.290. The molecule has 0 amide bonds. The Balaban J connectivity index is 2.46. The molecule has 0 aliphatic heterocycles. The summed E-state index contributed by atoms with van der Waals surface area (Å²) in [5.41, 5.74) is 1.41. The quantitative estimate of drug-likeness (QED) is 0.868. The molecule has 17 heavy (non-hydrogen) atoms. The van der Waals surface area contributed by atoms with Crippen LogP contribution in [0.4, 0.5) is 0 Å². The molecule has 0 saturated heterocycles. The summed E-state index contributed by atoms with van der Waals surface area (Å²) >= 11 is 11.7. The fourth-order valence-corrected chi connectivity index (χ4v) is 3.81. The lowest BCUT2D eigenvalue weighted by Gasteiger charge is -2.12. The van der Waals surface area contributed by atoms with E-state index in [0.29, 0.717) is 10.6 Å². The zero-order valence-corrected chi connectivity index (χ0v) is 11.7. The Morgan fingerprint density at radius 3 is 2.59 bits per heavy atom. The van der Waals surface area contributed by atoms with Gasteiger partial charge in [0.15, 0.2) is 0 Å². The van der Waals surface area contributed by atoms with E-state index >= 15 is 0 Å². The lowest BCUT2D eigenvalue weighted by atomic mass is 10.1. The van der Waals surface area contributed by atoms with E-state index in [4.69, 9.17) is 23.2 Å². The molecule has 94 valence electrons. The van der Waals surface area contributed by atoms with Gasteiger partial charge in [0.1, 0.15) is 0 Å². The van der Waals surface area contributed by atoms with Crippen LogP contribution in [-0.2, 0) is 15.9 Å². The van der Waals surface area contributed by atoms with E-state index in [-0.39, 0.29) is 16.8 Å². The third-order valence-electron chi connectivity index (χ3n) is 2.77. The standard InChI is InChI=1S/C11H13Cl2NO2S/c1-7-8(6-12)4-9(13)5-11(7)17(15,16)14-10-2-3-10/h4-5,10,14H,2-3,6H2,1H3. The first kappa shape index (κ1) is 13.1. The molecule has 1 aromatic carbocycles. The fraction of sp³-hybridized carbons (Fsp3) is 0.455. The maximum absolute atomic E-state index is 12.1. The highest BCUT2D eigenvalue weighted by Gasteiger charge is 2.29. The highest BCUT2D eigenvalue weighted by atomic mass is 35.5. The minimum atomic E-state index is -3.48. The lowest BCUT2D eigenvalue weighted by Crippen LogP contribution is -2.26. The molecule has 1 aliphatic rings. The third kappa shape index (κ3) is 2.94. The normalized spacial score (nSPS) is 16.2. The molecule has 0 atom stereocenters. The minimum absolute atomic E-state index is 0.0813. The molecule has 1 aromatic rings. The van der Waals surface area contributed by atoms with Gasteiger partial charge in [-0.1, -0.05) is 11.6 Å². The molecule has 0 bridgehead atoms. The van der Waals surface area contributed by atoms with Gasteiger partial charge in [0, 0.05) is 16.9 Å². The van der Waals surface area contributed by atoms with Crippen LogP contribution in [0.1, 0.15) is 24.0 Å². The fourth-order valence-electron chi connectivity index (χ4n) is 1.61. The Bertz CT molecular complexity index is 539. The summed E-state index contributed by atoms with van der Waals surface area (Å²) in [6, 6.07) is 3.25. The molecule has 0 spiro atoms. The minimum Gasteiger partial charge on any atom is -0.208 e. The van der Waals surface area contributed by atoms with Gasteiger partial charge >= 0.3 is 0 Å². The van der Waals surface area contributed by atoms with Crippen LogP contribution in [0.15, 0.2) is 17.0 Å². The summed E-state index contributed by atoms with van der Waals surface area (Å²) in [4.78, 5) is 0.229. The Kier molecular flexibility index (Phi) is 3.69. The molecule has 2 rings (SSSR count). The lowest BCUT2D eigenvalue weighted by molar-refractivity contribution is 0.580. The SMILES string of the molecule is Cc1c(CCl)cc(Cl)cc1S(=O)(=O)NC1CC1. The average molecular weight is 294 g/mol. The number of hydrogen-bond donors (Lipinski definition) is 1. The van der Waals surface area contributed by atoms with Crippen LogP contribution in [0.25, 0.3) is 0 Å². The summed E-state index contributed by atoms with van der Waals surface area (Å²) < 4.78 is 26.9. The van der Waals surface area contributed by atoms with Crippen molar-refractivity contribution >= 4 is 33.2 Å². The van der Waals surface area contributed by atoms with Crippen molar-refractivity contribution in [1.82, 2.24) is 4.72 Å². The Labute approximate surface area is 111 Å². The van der Waals surface area contributed by atoms with Gasteiger partial charge in [-0.15, -0.1) is 11.6 Å². The van der Waals surface area contributed by atoms with Crippen molar-refractivity contribution in [2.75, 3.05) is 0 Å². The first-order valence-corrected chi connectivity index (χ1v) is 7.71. The number of nitrogens with one attached hydrogen (secondary N) is 1. The summed E-state index contributed by atoms with van der Waals surface area (Å²) in [5.74, 6) is 0.248. The number of sulfonamides is 1. The van der Waals surface area contributed by atoms with Crippen molar-refractivity contribution in [3.05, 3.63) is 28.3 Å². The number of alkyl halides is 1. The monoisotopic (exact) mass is 293 g/mol. The van der Waals surface area contributed by atoms with E-state index in [0.717, 1.165) is 18.4 Å². The maximum atomic E-state index is 12.1. The summed E-state index contributed by atoms with van der Waals surface area (Å²) in [7, 11) is -3.48. The van der Waals surface area contributed by atoms with Crippen molar-refractivity contribution in [2.45, 2.75) is 36.6 Å². The Morgan fingerprint density at radius 2 is 2.06 bits per heavy atom. The number of benzene rings is 1. The number of rotatable bonds is 4. The van der Waals surface area contributed by atoms with Gasteiger partial charge in [-0.3, -0.25) is 0 Å². The number of hydrogen-bond acceptors (Lipinski definition) is 2. The topological polar surface area (TPSA) is 46.2 Å². The van der Waals surface area contributed by atoms with Crippen molar-refractivity contribution in [1.29, 1.82) is 0 Å². The van der Waals surface area contributed by atoms with Crippen molar-refractivity contribution in [3.63, 3.8) is 0 Å². The van der Waals surface area contributed by atoms with E-state index in [1.807, 2.05) is 0 Å². The van der Waals surface area contributed by atoms with E-state index < -0.39 is 10.0 Å². The van der Waals surface area contributed by atoms with Crippen LogP contribution < -0.4 is 4.72 Å². The Morgan fingerprint density at radius 1 is 1.41 bits per heavy atom. The highest BCUT2D eigenvalue weighted by molar-refractivity contribution is 7.89. The molecule has 1 aliphatic carbocycles. The van der Waals surface area contributed by atoms with Gasteiger partial charge in [-0.05, 0) is 43.0 Å². The van der Waals surface area contributed by atoms with Crippen molar-refractivity contribution in [3.8, 4) is 0 Å². The average Bonchev–Trinajstić information content (AvgIpc) is 3.03. The summed E-state index contributed by atoms with van der Waals surface area (Å²) in [6.45, 7) is 1.75. The molecule has 0 heterocycles. The summed E-state index contributed by atoms with van der Waals surface area (Å²) in [6.07, 6.45) is 1.81. The van der Waals surface area contributed by atoms with E-state index in [9.17, 15) is 8.42 Å². The van der Waals surface area contributed by atoms with Gasteiger partial charge < -0.3 is 0 Å². The molecule has 0 radical (unpaired) electrons. The highest BCUT2D eigenvalue weighted by Crippen LogP contribution is 2.28. The van der Waals surface area contributed by atoms with Crippen LogP contribution in [0.3, 0.4) is 0 Å². The second kappa shape index (κ2) is 4.76. The number of halogens is 2. The van der Waals surface area contributed by atoms with Crippen LogP contribution in [-0.4, -0.2) is 14.5 Å². The van der Waals surface area contributed by atoms with Gasteiger partial charge in [0.2, 0.25) is 10.0 Å². The maximum Gasteiger partial charge on any atom is 0.241 e. The van der Waals surface area contributed by atoms with Gasteiger partial charge in [0.05, 0.1) is 4.90 Å². The van der Waals surface area contributed by atoms with Gasteiger partial charge in [-0.2, -0.15) is 0 Å². The first-order chi connectivity index (χ1) is 7.94. The van der Waals surface area contributed by atoms with Crippen LogP contribution in [0.2, 0.25) is 5.02 Å². The van der Waals surface area contributed by atoms with Crippen molar-refractivity contribution in [2.24, 2.45) is 0 Å². The molecule has 6 heteroatoms. The summed E-state index contributed by atoms with van der Waals surface area (Å²) in [5, 5.41) is 0.391. The van der Waals surface area contributed by atoms with E-state index in [1.165, 1.54) is 6.07 Å². The zero-order chi connectivity index (χ0) is 12.6. The molecule has 0 unspecified atom stereocenters. The second-order valence-corrected chi connectivity index (χ2v) is 6.60. The first-order valence-electron chi connectivity index (χ1n) is 5.31. The molecule has 1 N–H and O–H groups in total. The van der Waals surface area contributed by atoms with Crippen LogP contribution in [0.5, 0.6) is 0 Å². The predicted octanol–water partition coefficient (Wildman–Crippen LogP) is 2.83. The zero-order valence-electron chi connectivity index (χ0n) is 9.33. The second-order valence-electron chi connectivity index (χ2n) is 4.22. The van der Waals surface area contributed by atoms with Gasteiger partial charge in [0.25, 0.3) is 0 Å².